The molecule has 27 heavy (non-hydrogen) atoms. The standard InChI is InChI=1S/C20H27NO6/c1-25-16-7-6-14(17(10-16)26-2)4-3-5-18(22)21-11-15-12-27-9-8-20(15,13-21)19(23)24/h6-7,10,15H,3-5,8-9,11-13H2,1-2H3,(H,23,24)/t15-,20+/m0/s1. The van der Waals surface area contributed by atoms with Crippen molar-refractivity contribution in [3.8, 4) is 11.5 Å². The van der Waals surface area contributed by atoms with Crippen molar-refractivity contribution in [3.63, 3.8) is 0 Å². The molecular weight excluding hydrogens is 350 g/mol. The van der Waals surface area contributed by atoms with Crippen molar-refractivity contribution in [1.82, 2.24) is 4.90 Å². The second-order valence-corrected chi connectivity index (χ2v) is 7.29. The smallest absolute Gasteiger partial charge is 0.311 e. The Bertz CT molecular complexity index is 706. The van der Waals surface area contributed by atoms with E-state index in [9.17, 15) is 14.7 Å². The van der Waals surface area contributed by atoms with Crippen LogP contribution in [0.5, 0.6) is 11.5 Å². The lowest BCUT2D eigenvalue weighted by atomic mass is 9.74. The lowest BCUT2D eigenvalue weighted by molar-refractivity contribution is -0.157. The van der Waals surface area contributed by atoms with E-state index in [1.165, 1.54) is 0 Å². The quantitative estimate of drug-likeness (QED) is 0.782. The summed E-state index contributed by atoms with van der Waals surface area (Å²) in [6, 6.07) is 5.66. The van der Waals surface area contributed by atoms with Gasteiger partial charge < -0.3 is 24.2 Å². The Balaban J connectivity index is 1.57. The predicted octanol–water partition coefficient (Wildman–Crippen LogP) is 1.98. The molecule has 2 heterocycles. The third-order valence-corrected chi connectivity index (χ3v) is 5.82. The van der Waals surface area contributed by atoms with Crippen LogP contribution in [0.25, 0.3) is 0 Å². The molecular formula is C20H27NO6. The summed E-state index contributed by atoms with van der Waals surface area (Å²) in [6.45, 7) is 1.62. The fraction of sp³-hybridized carbons (Fsp3) is 0.600. The highest BCUT2D eigenvalue weighted by Gasteiger charge is 2.54. The number of carboxylic acids is 1. The molecule has 148 valence electrons. The molecule has 0 aliphatic carbocycles. The summed E-state index contributed by atoms with van der Waals surface area (Å²) in [5.74, 6) is 0.560. The van der Waals surface area contributed by atoms with Crippen molar-refractivity contribution in [2.45, 2.75) is 25.7 Å². The van der Waals surface area contributed by atoms with Gasteiger partial charge in [0.25, 0.3) is 0 Å². The molecule has 0 spiro atoms. The largest absolute Gasteiger partial charge is 0.497 e. The van der Waals surface area contributed by atoms with E-state index in [1.54, 1.807) is 19.1 Å². The molecule has 7 heteroatoms. The average Bonchev–Trinajstić information content (AvgIpc) is 3.09. The fourth-order valence-electron chi connectivity index (χ4n) is 4.14. The van der Waals surface area contributed by atoms with Crippen molar-refractivity contribution in [2.24, 2.45) is 11.3 Å². The molecule has 0 aromatic heterocycles. The number of carbonyl (C=O) groups is 2. The van der Waals surface area contributed by atoms with Gasteiger partial charge in [0.05, 0.1) is 26.2 Å². The van der Waals surface area contributed by atoms with Crippen LogP contribution in [0.4, 0.5) is 0 Å². The minimum Gasteiger partial charge on any atom is -0.497 e. The van der Waals surface area contributed by atoms with E-state index >= 15 is 0 Å². The number of aliphatic carboxylic acids is 1. The van der Waals surface area contributed by atoms with Gasteiger partial charge in [0.15, 0.2) is 0 Å². The van der Waals surface area contributed by atoms with Gasteiger partial charge in [-0.15, -0.1) is 0 Å². The number of carboxylic acid groups (broad SMARTS) is 1. The van der Waals surface area contributed by atoms with Crippen molar-refractivity contribution >= 4 is 11.9 Å². The number of fused-ring (bicyclic) bond motifs is 1. The maximum absolute atomic E-state index is 12.6. The first-order chi connectivity index (χ1) is 13.0. The molecule has 2 aliphatic rings. The number of carbonyl (C=O) groups excluding carboxylic acids is 1. The van der Waals surface area contributed by atoms with E-state index in [4.69, 9.17) is 14.2 Å². The maximum atomic E-state index is 12.6. The van der Waals surface area contributed by atoms with E-state index in [0.29, 0.717) is 52.0 Å². The number of aryl methyl sites for hydroxylation is 1. The van der Waals surface area contributed by atoms with Crippen molar-refractivity contribution in [3.05, 3.63) is 23.8 Å². The summed E-state index contributed by atoms with van der Waals surface area (Å²) in [5.41, 5.74) is 0.184. The topological polar surface area (TPSA) is 85.3 Å². The van der Waals surface area contributed by atoms with Crippen LogP contribution in [0.2, 0.25) is 0 Å². The molecule has 2 saturated heterocycles. The van der Waals surface area contributed by atoms with Crippen LogP contribution in [-0.2, 0) is 20.7 Å². The number of benzene rings is 1. The fourth-order valence-corrected chi connectivity index (χ4v) is 4.14. The maximum Gasteiger partial charge on any atom is 0.311 e. The minimum absolute atomic E-state index is 0.0116. The van der Waals surface area contributed by atoms with Gasteiger partial charge in [0, 0.05) is 38.1 Å². The van der Waals surface area contributed by atoms with Gasteiger partial charge in [0.2, 0.25) is 5.91 Å². The van der Waals surface area contributed by atoms with Crippen LogP contribution in [-0.4, -0.2) is 62.4 Å². The van der Waals surface area contributed by atoms with E-state index in [-0.39, 0.29) is 11.8 Å². The summed E-state index contributed by atoms with van der Waals surface area (Å²) in [7, 11) is 3.22. The first-order valence-corrected chi connectivity index (χ1v) is 9.30. The predicted molar refractivity (Wildman–Crippen MR) is 98.1 cm³/mol. The van der Waals surface area contributed by atoms with Crippen LogP contribution < -0.4 is 9.47 Å². The number of likely N-dealkylation sites (tertiary alicyclic amines) is 1. The Labute approximate surface area is 159 Å². The summed E-state index contributed by atoms with van der Waals surface area (Å²) >= 11 is 0. The van der Waals surface area contributed by atoms with Crippen LogP contribution in [0.1, 0.15) is 24.8 Å². The second kappa shape index (κ2) is 8.17. The molecule has 2 atom stereocenters. The lowest BCUT2D eigenvalue weighted by Crippen LogP contribution is -2.45. The van der Waals surface area contributed by atoms with Crippen molar-refractivity contribution < 1.29 is 28.9 Å². The zero-order chi connectivity index (χ0) is 19.4. The first-order valence-electron chi connectivity index (χ1n) is 9.30. The molecule has 2 fully saturated rings. The summed E-state index contributed by atoms with van der Waals surface area (Å²) < 4.78 is 16.0. The van der Waals surface area contributed by atoms with Gasteiger partial charge in [-0.25, -0.2) is 0 Å². The zero-order valence-corrected chi connectivity index (χ0v) is 15.9. The Morgan fingerprint density at radius 3 is 2.81 bits per heavy atom. The molecule has 0 radical (unpaired) electrons. The van der Waals surface area contributed by atoms with Crippen molar-refractivity contribution in [1.29, 1.82) is 0 Å². The summed E-state index contributed by atoms with van der Waals surface area (Å²) in [4.78, 5) is 26.2. The van der Waals surface area contributed by atoms with E-state index < -0.39 is 11.4 Å². The Hall–Kier alpha value is -2.28. The number of rotatable bonds is 7. The molecule has 1 aromatic rings. The molecule has 1 amide bonds. The minimum atomic E-state index is -0.840. The summed E-state index contributed by atoms with van der Waals surface area (Å²) in [6.07, 6.45) is 2.25. The van der Waals surface area contributed by atoms with Crippen LogP contribution in [0.15, 0.2) is 18.2 Å². The number of ether oxygens (including phenoxy) is 3. The third-order valence-electron chi connectivity index (χ3n) is 5.82. The van der Waals surface area contributed by atoms with E-state index in [1.807, 2.05) is 18.2 Å². The number of hydrogen-bond acceptors (Lipinski definition) is 5. The second-order valence-electron chi connectivity index (χ2n) is 7.29. The lowest BCUT2D eigenvalue weighted by Gasteiger charge is -2.33. The van der Waals surface area contributed by atoms with E-state index in [2.05, 4.69) is 0 Å². The number of methoxy groups -OCH3 is 2. The molecule has 0 bridgehead atoms. The van der Waals surface area contributed by atoms with Gasteiger partial charge in [-0.3, -0.25) is 9.59 Å². The highest BCUT2D eigenvalue weighted by atomic mass is 16.5. The van der Waals surface area contributed by atoms with Gasteiger partial charge in [-0.05, 0) is 30.9 Å². The van der Waals surface area contributed by atoms with Gasteiger partial charge in [0.1, 0.15) is 11.5 Å². The van der Waals surface area contributed by atoms with Crippen LogP contribution >= 0.6 is 0 Å². The average molecular weight is 377 g/mol. The number of amides is 1. The van der Waals surface area contributed by atoms with Gasteiger partial charge >= 0.3 is 5.97 Å². The molecule has 0 saturated carbocycles. The van der Waals surface area contributed by atoms with Crippen molar-refractivity contribution in [2.75, 3.05) is 40.5 Å². The summed E-state index contributed by atoms with van der Waals surface area (Å²) in [5, 5.41) is 9.71. The van der Waals surface area contributed by atoms with Gasteiger partial charge in [-0.1, -0.05) is 6.07 Å². The van der Waals surface area contributed by atoms with Crippen LogP contribution in [0, 0.1) is 11.3 Å². The molecule has 0 unspecified atom stereocenters. The molecule has 1 aromatic carbocycles. The highest BCUT2D eigenvalue weighted by molar-refractivity contribution is 5.81. The van der Waals surface area contributed by atoms with E-state index in [0.717, 1.165) is 17.1 Å². The zero-order valence-electron chi connectivity index (χ0n) is 15.9. The Morgan fingerprint density at radius 1 is 1.33 bits per heavy atom. The SMILES string of the molecule is COc1ccc(CCCC(=O)N2C[C@H]3COCC[C@@]3(C(=O)O)C2)c(OC)c1. The normalized spacial score (nSPS) is 24.4. The molecule has 7 nitrogen and oxygen atoms in total. The number of nitrogens with zero attached hydrogens (tertiary/aromatic N) is 1. The molecule has 1 N–H and O–H groups in total. The van der Waals surface area contributed by atoms with Gasteiger partial charge in [-0.2, -0.15) is 0 Å². The monoisotopic (exact) mass is 377 g/mol. The Morgan fingerprint density at radius 2 is 2.15 bits per heavy atom. The third kappa shape index (κ3) is 3.88. The Kier molecular flexibility index (Phi) is 5.89. The molecule has 3 rings (SSSR count). The number of hydrogen-bond donors (Lipinski definition) is 1. The first kappa shape index (κ1) is 19.5. The molecule has 2 aliphatic heterocycles. The highest BCUT2D eigenvalue weighted by Crippen LogP contribution is 2.42. The van der Waals surface area contributed by atoms with Crippen LogP contribution in [0.3, 0.4) is 0 Å².